The molecule has 1 aliphatic heterocycles. The van der Waals surface area contributed by atoms with Gasteiger partial charge in [-0.05, 0) is 24.1 Å². The maximum absolute atomic E-state index is 13.5. The summed E-state index contributed by atoms with van der Waals surface area (Å²) < 4.78 is 13.5. The van der Waals surface area contributed by atoms with Crippen LogP contribution in [-0.2, 0) is 11.3 Å². The molecule has 0 aliphatic carbocycles. The van der Waals surface area contributed by atoms with Gasteiger partial charge in [0.05, 0.1) is 12.7 Å². The van der Waals surface area contributed by atoms with Crippen molar-refractivity contribution in [3.8, 4) is 0 Å². The molecular formula is C18H22FN5O. The Morgan fingerprint density at radius 1 is 1.24 bits per heavy atom. The molecule has 6 nitrogen and oxygen atoms in total. The highest BCUT2D eigenvalue weighted by Crippen LogP contribution is 2.11. The molecule has 0 unspecified atom stereocenters. The van der Waals surface area contributed by atoms with Crippen molar-refractivity contribution < 1.29 is 9.18 Å². The molecule has 1 fully saturated rings. The topological polar surface area (TPSA) is 61.4 Å². The van der Waals surface area contributed by atoms with Crippen LogP contribution in [0.4, 0.5) is 10.2 Å². The minimum absolute atomic E-state index is 0.0473. The summed E-state index contributed by atoms with van der Waals surface area (Å²) >= 11 is 0. The van der Waals surface area contributed by atoms with Crippen molar-refractivity contribution in [2.24, 2.45) is 0 Å². The number of carbonyl (C=O) groups is 1. The first-order valence-corrected chi connectivity index (χ1v) is 8.37. The third-order valence-electron chi connectivity index (χ3n) is 4.34. The summed E-state index contributed by atoms with van der Waals surface area (Å²) in [5, 5.41) is 2.85. The molecule has 2 aromatic rings. The standard InChI is InChI=1S/C18H22FN5O/c1-14-2-3-15(10-16(14)19)11-22-18(25)13-23-6-8-24(9-7-23)17-12-20-4-5-21-17/h2-5,10,12H,6-9,11,13H2,1H3,(H,22,25). The highest BCUT2D eigenvalue weighted by molar-refractivity contribution is 5.78. The van der Waals surface area contributed by atoms with Gasteiger partial charge in [-0.25, -0.2) is 9.37 Å². The van der Waals surface area contributed by atoms with Gasteiger partial charge in [0.25, 0.3) is 0 Å². The number of rotatable bonds is 5. The average Bonchev–Trinajstić information content (AvgIpc) is 2.64. The maximum atomic E-state index is 13.5. The lowest BCUT2D eigenvalue weighted by atomic mass is 10.1. The predicted octanol–water partition coefficient (Wildman–Crippen LogP) is 1.36. The zero-order valence-corrected chi connectivity index (χ0v) is 14.3. The van der Waals surface area contributed by atoms with Crippen LogP contribution in [-0.4, -0.2) is 53.5 Å². The van der Waals surface area contributed by atoms with Crippen molar-refractivity contribution in [1.29, 1.82) is 0 Å². The maximum Gasteiger partial charge on any atom is 0.234 e. The van der Waals surface area contributed by atoms with Gasteiger partial charge in [0.15, 0.2) is 0 Å². The first-order valence-electron chi connectivity index (χ1n) is 8.37. The molecule has 0 bridgehead atoms. The number of halogens is 1. The van der Waals surface area contributed by atoms with Crippen LogP contribution >= 0.6 is 0 Å². The Bertz CT molecular complexity index is 717. The number of nitrogens with one attached hydrogen (secondary N) is 1. The molecule has 0 atom stereocenters. The molecule has 0 radical (unpaired) electrons. The second-order valence-electron chi connectivity index (χ2n) is 6.19. The van der Waals surface area contributed by atoms with Crippen LogP contribution in [0.3, 0.4) is 0 Å². The second kappa shape index (κ2) is 8.02. The van der Waals surface area contributed by atoms with Crippen molar-refractivity contribution in [3.63, 3.8) is 0 Å². The number of amides is 1. The zero-order valence-electron chi connectivity index (χ0n) is 14.3. The highest BCUT2D eigenvalue weighted by atomic mass is 19.1. The van der Waals surface area contributed by atoms with Crippen molar-refractivity contribution >= 4 is 11.7 Å². The second-order valence-corrected chi connectivity index (χ2v) is 6.19. The minimum atomic E-state index is -0.244. The van der Waals surface area contributed by atoms with E-state index in [1.54, 1.807) is 31.6 Å². The Kier molecular flexibility index (Phi) is 5.55. The van der Waals surface area contributed by atoms with Crippen LogP contribution in [0.1, 0.15) is 11.1 Å². The summed E-state index contributed by atoms with van der Waals surface area (Å²) in [6.45, 7) is 5.63. The summed E-state index contributed by atoms with van der Waals surface area (Å²) in [5.74, 6) is 0.578. The van der Waals surface area contributed by atoms with Gasteiger partial charge >= 0.3 is 0 Å². The molecule has 0 spiro atoms. The van der Waals surface area contributed by atoms with Crippen LogP contribution < -0.4 is 10.2 Å². The van der Waals surface area contributed by atoms with Gasteiger partial charge < -0.3 is 10.2 Å². The lowest BCUT2D eigenvalue weighted by molar-refractivity contribution is -0.122. The van der Waals surface area contributed by atoms with E-state index in [1.165, 1.54) is 6.07 Å². The Hall–Kier alpha value is -2.54. The zero-order chi connectivity index (χ0) is 17.6. The van der Waals surface area contributed by atoms with Crippen molar-refractivity contribution in [2.75, 3.05) is 37.6 Å². The molecule has 1 aromatic heterocycles. The number of aryl methyl sites for hydroxylation is 1. The summed E-state index contributed by atoms with van der Waals surface area (Å²) in [6, 6.07) is 5.02. The first-order chi connectivity index (χ1) is 12.1. The number of piperazine rings is 1. The highest BCUT2D eigenvalue weighted by Gasteiger charge is 2.19. The Morgan fingerprint density at radius 2 is 2.04 bits per heavy atom. The molecule has 7 heteroatoms. The molecule has 3 rings (SSSR count). The monoisotopic (exact) mass is 343 g/mol. The van der Waals surface area contributed by atoms with Crippen LogP contribution in [0.5, 0.6) is 0 Å². The van der Waals surface area contributed by atoms with E-state index < -0.39 is 0 Å². The number of carbonyl (C=O) groups excluding carboxylic acids is 1. The molecule has 1 aromatic carbocycles. The summed E-state index contributed by atoms with van der Waals surface area (Å²) in [5.41, 5.74) is 1.37. The molecule has 25 heavy (non-hydrogen) atoms. The number of hydrogen-bond donors (Lipinski definition) is 1. The van der Waals surface area contributed by atoms with E-state index in [-0.39, 0.29) is 11.7 Å². The third kappa shape index (κ3) is 4.73. The van der Waals surface area contributed by atoms with Gasteiger partial charge in [0.2, 0.25) is 5.91 Å². The molecule has 1 aliphatic rings. The largest absolute Gasteiger partial charge is 0.353 e. The molecule has 132 valence electrons. The van der Waals surface area contributed by atoms with Gasteiger partial charge in [-0.2, -0.15) is 0 Å². The van der Waals surface area contributed by atoms with Crippen LogP contribution in [0, 0.1) is 12.7 Å². The normalized spacial score (nSPS) is 15.2. The lowest BCUT2D eigenvalue weighted by Gasteiger charge is -2.34. The van der Waals surface area contributed by atoms with E-state index in [0.717, 1.165) is 37.6 Å². The summed E-state index contributed by atoms with van der Waals surface area (Å²) in [6.07, 6.45) is 5.09. The van der Waals surface area contributed by atoms with Gasteiger partial charge in [-0.15, -0.1) is 0 Å². The van der Waals surface area contributed by atoms with Gasteiger partial charge in [-0.1, -0.05) is 12.1 Å². The minimum Gasteiger partial charge on any atom is -0.353 e. The summed E-state index contributed by atoms with van der Waals surface area (Å²) in [4.78, 5) is 24.8. The number of nitrogens with zero attached hydrogens (tertiary/aromatic N) is 4. The first kappa shape index (κ1) is 17.3. The van der Waals surface area contributed by atoms with E-state index in [1.807, 2.05) is 6.07 Å². The quantitative estimate of drug-likeness (QED) is 0.888. The molecule has 1 saturated heterocycles. The molecule has 0 saturated carbocycles. The van der Waals surface area contributed by atoms with Crippen LogP contribution in [0.25, 0.3) is 0 Å². The van der Waals surface area contributed by atoms with E-state index in [0.29, 0.717) is 18.7 Å². The van der Waals surface area contributed by atoms with Crippen LogP contribution in [0.2, 0.25) is 0 Å². The molecule has 2 heterocycles. The number of benzene rings is 1. The van der Waals surface area contributed by atoms with Gasteiger partial charge in [0.1, 0.15) is 11.6 Å². The van der Waals surface area contributed by atoms with E-state index in [9.17, 15) is 9.18 Å². The van der Waals surface area contributed by atoms with Gasteiger partial charge in [-0.3, -0.25) is 14.7 Å². The number of hydrogen-bond acceptors (Lipinski definition) is 5. The third-order valence-corrected chi connectivity index (χ3v) is 4.34. The fraction of sp³-hybridized carbons (Fsp3) is 0.389. The number of aromatic nitrogens is 2. The Labute approximate surface area is 146 Å². The van der Waals surface area contributed by atoms with Crippen molar-refractivity contribution in [2.45, 2.75) is 13.5 Å². The fourth-order valence-corrected chi connectivity index (χ4v) is 2.80. The number of anilines is 1. The lowest BCUT2D eigenvalue weighted by Crippen LogP contribution is -2.49. The van der Waals surface area contributed by atoms with E-state index in [2.05, 4.69) is 25.1 Å². The van der Waals surface area contributed by atoms with E-state index in [4.69, 9.17) is 0 Å². The SMILES string of the molecule is Cc1ccc(CNC(=O)CN2CCN(c3cnccn3)CC2)cc1F. The van der Waals surface area contributed by atoms with Crippen molar-refractivity contribution in [1.82, 2.24) is 20.2 Å². The van der Waals surface area contributed by atoms with E-state index >= 15 is 0 Å². The molecule has 1 N–H and O–H groups in total. The molecular weight excluding hydrogens is 321 g/mol. The van der Waals surface area contributed by atoms with Crippen LogP contribution in [0.15, 0.2) is 36.8 Å². The van der Waals surface area contributed by atoms with Crippen molar-refractivity contribution in [3.05, 3.63) is 53.7 Å². The average molecular weight is 343 g/mol. The van der Waals surface area contributed by atoms with Gasteiger partial charge in [0, 0.05) is 45.1 Å². The smallest absolute Gasteiger partial charge is 0.234 e. The Balaban J connectivity index is 1.42. The predicted molar refractivity (Wildman–Crippen MR) is 93.7 cm³/mol. The Morgan fingerprint density at radius 3 is 2.72 bits per heavy atom. The molecule has 1 amide bonds. The fourth-order valence-electron chi connectivity index (χ4n) is 2.80. The summed E-state index contributed by atoms with van der Waals surface area (Å²) in [7, 11) is 0.